The van der Waals surface area contributed by atoms with Crippen LogP contribution in [0.15, 0.2) is 12.4 Å². The molecule has 2 saturated heterocycles. The normalized spacial score (nSPS) is 22.9. The Morgan fingerprint density at radius 3 is 1.45 bits per heavy atom. The fourth-order valence-electron chi connectivity index (χ4n) is 8.54. The van der Waals surface area contributed by atoms with Gasteiger partial charge in [-0.1, -0.05) is 16.8 Å². The molecule has 4 heterocycles. The van der Waals surface area contributed by atoms with Gasteiger partial charge in [-0.3, -0.25) is 48.6 Å². The minimum atomic E-state index is -1.49. The molecule has 4 rings (SSSR count). The Bertz CT molecular complexity index is 2420. The van der Waals surface area contributed by atoms with Crippen molar-refractivity contribution >= 4 is 53.2 Å². The van der Waals surface area contributed by atoms with Gasteiger partial charge < -0.3 is 92.1 Å². The number of aromatic nitrogens is 6. The lowest BCUT2D eigenvalue weighted by Crippen LogP contribution is -2.64. The van der Waals surface area contributed by atoms with Crippen molar-refractivity contribution in [2.24, 2.45) is 5.84 Å². The first-order valence-corrected chi connectivity index (χ1v) is 27.1. The molecule has 83 heavy (non-hydrogen) atoms. The summed E-state index contributed by atoms with van der Waals surface area (Å²) in [5, 5.41) is 97.3. The number of rotatable bonds is 36. The largest absolute Gasteiger partial charge is 0.394 e. The topological polar surface area (TPSA) is 508 Å². The van der Waals surface area contributed by atoms with E-state index in [2.05, 4.69) is 63.2 Å². The lowest BCUT2D eigenvalue weighted by atomic mass is 9.97. The highest BCUT2D eigenvalue weighted by molar-refractivity contribution is 5.89. The van der Waals surface area contributed by atoms with Gasteiger partial charge in [0, 0.05) is 59.5 Å². The van der Waals surface area contributed by atoms with E-state index in [1.165, 1.54) is 42.5 Å². The summed E-state index contributed by atoms with van der Waals surface area (Å²) >= 11 is 0. The van der Waals surface area contributed by atoms with Crippen LogP contribution in [0.3, 0.4) is 0 Å². The molecule has 35 nitrogen and oxygen atoms in total. The molecule has 2 fully saturated rings. The Morgan fingerprint density at radius 2 is 1.01 bits per heavy atom. The van der Waals surface area contributed by atoms with Crippen LogP contribution in [-0.4, -0.2) is 227 Å². The molecule has 35 heteroatoms. The number of carbonyl (C=O) groups is 9. The molecule has 2 aromatic rings. The van der Waals surface area contributed by atoms with Gasteiger partial charge in [-0.05, 0) is 32.1 Å². The summed E-state index contributed by atoms with van der Waals surface area (Å²) < 4.78 is 25.3. The zero-order chi connectivity index (χ0) is 61.0. The molecule has 0 bridgehead atoms. The highest BCUT2D eigenvalue weighted by Crippen LogP contribution is 2.24. The molecule has 12 atom stereocenters. The van der Waals surface area contributed by atoms with Crippen LogP contribution in [0.4, 0.5) is 0 Å². The number of unbranched alkanes of at least 4 members (excludes halogenated alkanes) is 2. The van der Waals surface area contributed by atoms with Gasteiger partial charge >= 0.3 is 0 Å². The van der Waals surface area contributed by atoms with Crippen LogP contribution in [-0.2, 0) is 88.3 Å². The van der Waals surface area contributed by atoms with E-state index in [9.17, 15) is 73.8 Å². The second-order valence-corrected chi connectivity index (χ2v) is 19.6. The Labute approximate surface area is 476 Å². The predicted molar refractivity (Wildman–Crippen MR) is 280 cm³/mol. The van der Waals surface area contributed by atoms with Gasteiger partial charge in [-0.25, -0.2) is 15.2 Å². The molecule has 466 valence electrons. The third-order valence-corrected chi connectivity index (χ3v) is 12.9. The minimum Gasteiger partial charge on any atom is -0.394 e. The average molecular weight is 1190 g/mol. The van der Waals surface area contributed by atoms with Crippen LogP contribution >= 0.6 is 0 Å². The third-order valence-electron chi connectivity index (χ3n) is 12.9. The molecular weight excluding hydrogens is 1100 g/mol. The lowest BCUT2D eigenvalue weighted by molar-refractivity contribution is -0.270. The number of nitrogens with two attached hydrogens (primary N) is 1. The van der Waals surface area contributed by atoms with Crippen molar-refractivity contribution < 1.29 is 92.7 Å². The van der Waals surface area contributed by atoms with Crippen molar-refractivity contribution in [1.82, 2.24) is 77.9 Å². The number of nitrogens with zero attached hydrogens (tertiary/aromatic N) is 6. The number of nitrogens with one attached hydrogen (secondary N) is 9. The second-order valence-electron chi connectivity index (χ2n) is 19.6. The number of hydrogen-bond acceptors (Lipinski definition) is 24. The van der Waals surface area contributed by atoms with Crippen molar-refractivity contribution in [2.75, 3.05) is 39.5 Å². The quantitative estimate of drug-likeness (QED) is 0.0130. The first-order valence-electron chi connectivity index (χ1n) is 27.1. The SMILES string of the molecule is CC(=O)NC(CCC(=O)NCc1cn(CCO[C@@H]2O[C@H](CO)[C@@H](O)[C@H](O)[C@H]2NC(C)=O)nn1)C(=O)NCCCC(=O)NC(CCC(=O)NCc1cn(CCO[C@@H]2O[C@H](CO)[C@@H](O)[C@H](O)[C@H]2NC(C)=O)nn1)C(=O)NCCCCCC(=O)NN. The molecule has 2 aromatic heterocycles. The molecule has 2 unspecified atom stereocenters. The zero-order valence-electron chi connectivity index (χ0n) is 46.5. The summed E-state index contributed by atoms with van der Waals surface area (Å²) in [6.07, 6.45) is -6.45. The lowest BCUT2D eigenvalue weighted by Gasteiger charge is -2.42. The Balaban J connectivity index is 1.20. The summed E-state index contributed by atoms with van der Waals surface area (Å²) in [5.74, 6) is 0.524. The van der Waals surface area contributed by atoms with E-state index < -0.39 is 134 Å². The highest BCUT2D eigenvalue weighted by atomic mass is 16.7. The summed E-state index contributed by atoms with van der Waals surface area (Å²) in [7, 11) is 0. The number of aliphatic hydroxyl groups is 6. The smallest absolute Gasteiger partial charge is 0.242 e. The predicted octanol–water partition coefficient (Wildman–Crippen LogP) is -8.16. The van der Waals surface area contributed by atoms with Crippen molar-refractivity contribution in [2.45, 2.75) is 185 Å². The first kappa shape index (κ1) is 68.6. The Hall–Kier alpha value is -6.93. The monoisotopic (exact) mass is 1180 g/mol. The molecule has 0 spiro atoms. The number of aliphatic hydroxyl groups excluding tert-OH is 6. The molecule has 0 radical (unpaired) electrons. The van der Waals surface area contributed by atoms with Crippen molar-refractivity contribution in [3.8, 4) is 0 Å². The van der Waals surface area contributed by atoms with E-state index in [1.807, 2.05) is 5.43 Å². The van der Waals surface area contributed by atoms with Crippen LogP contribution < -0.4 is 53.8 Å². The molecule has 9 amide bonds. The number of ether oxygens (including phenoxy) is 4. The molecular formula is C48H80N16O19. The number of carbonyl (C=O) groups excluding carboxylic acids is 9. The average Bonchev–Trinajstić information content (AvgIpc) is 4.16. The summed E-state index contributed by atoms with van der Waals surface area (Å²) in [6.45, 7) is 2.59. The Kier molecular flexibility index (Phi) is 29.7. The third kappa shape index (κ3) is 24.1. The second kappa shape index (κ2) is 35.9. The number of amides is 9. The Morgan fingerprint density at radius 1 is 0.566 bits per heavy atom. The van der Waals surface area contributed by atoms with Crippen LogP contribution in [0.25, 0.3) is 0 Å². The molecule has 0 aromatic carbocycles. The van der Waals surface area contributed by atoms with Crippen molar-refractivity contribution in [3.05, 3.63) is 23.8 Å². The highest BCUT2D eigenvalue weighted by Gasteiger charge is 2.46. The maximum absolute atomic E-state index is 13.3. The maximum Gasteiger partial charge on any atom is 0.242 e. The summed E-state index contributed by atoms with van der Waals surface area (Å²) in [6, 6.07) is -4.52. The van der Waals surface area contributed by atoms with Gasteiger partial charge in [-0.15, -0.1) is 10.2 Å². The number of hydrogen-bond donors (Lipinski definition) is 16. The van der Waals surface area contributed by atoms with Crippen molar-refractivity contribution in [3.63, 3.8) is 0 Å². The van der Waals surface area contributed by atoms with Crippen LogP contribution in [0, 0.1) is 0 Å². The molecule has 2 aliphatic rings. The van der Waals surface area contributed by atoms with E-state index in [0.717, 1.165) is 0 Å². The number of hydrazine groups is 1. The van der Waals surface area contributed by atoms with Crippen LogP contribution in [0.1, 0.15) is 96.4 Å². The molecule has 2 aliphatic heterocycles. The maximum atomic E-state index is 13.3. The van der Waals surface area contributed by atoms with Gasteiger partial charge in [0.25, 0.3) is 0 Å². The van der Waals surface area contributed by atoms with E-state index >= 15 is 0 Å². The molecule has 0 aliphatic carbocycles. The van der Waals surface area contributed by atoms with Crippen LogP contribution in [0.2, 0.25) is 0 Å². The summed E-state index contributed by atoms with van der Waals surface area (Å²) in [4.78, 5) is 112. The van der Waals surface area contributed by atoms with Gasteiger partial charge in [0.15, 0.2) is 12.6 Å². The fourth-order valence-corrected chi connectivity index (χ4v) is 8.54. The summed E-state index contributed by atoms with van der Waals surface area (Å²) in [5.41, 5.74) is 2.76. The van der Waals surface area contributed by atoms with E-state index in [-0.39, 0.29) is 103 Å². The molecule has 0 saturated carbocycles. The first-order chi connectivity index (χ1) is 39.6. The standard InChI is InChI=1S/C48H80N16O19/c1-26(67)54-31(10-12-35(70)52-20-29-22-63(61-59-29)16-18-80-47-39(55-27(2)68)43(76)41(74)33(24-65)82-47)45(78)51-15-7-9-37(72)57-32(46(79)50-14-6-4-5-8-38(73)58-49)11-13-36(71)53-21-30-23-64(62-60-30)17-19-81-48-40(56-28(3)69)44(77)42(75)34(25-66)83-48/h22-23,31-34,39-44,47-48,65-66,74-77H,4-21,24-25,49H2,1-3H3,(H,50,79)(H,51,78)(H,52,70)(H,53,71)(H,54,67)(H,55,68)(H,56,69)(H,57,72)(H,58,73)/t31?,32?,33-,34-,39-,40-,41-,42-,43-,44-,47-,48-/m1/s1. The van der Waals surface area contributed by atoms with E-state index in [4.69, 9.17) is 24.8 Å². The van der Waals surface area contributed by atoms with Crippen LogP contribution in [0.5, 0.6) is 0 Å². The van der Waals surface area contributed by atoms with Gasteiger partial charge in [0.05, 0.1) is 65.0 Å². The van der Waals surface area contributed by atoms with Gasteiger partial charge in [-0.2, -0.15) is 0 Å². The van der Waals surface area contributed by atoms with Gasteiger partial charge in [0.1, 0.15) is 72.2 Å². The fraction of sp³-hybridized carbons (Fsp3) is 0.729. The zero-order valence-corrected chi connectivity index (χ0v) is 46.5. The van der Waals surface area contributed by atoms with Gasteiger partial charge in [0.2, 0.25) is 53.2 Å². The minimum absolute atomic E-state index is 0.0274. The van der Waals surface area contributed by atoms with E-state index in [1.54, 1.807) is 0 Å². The van der Waals surface area contributed by atoms with E-state index in [0.29, 0.717) is 30.7 Å². The van der Waals surface area contributed by atoms with Crippen molar-refractivity contribution in [1.29, 1.82) is 0 Å². The molecule has 17 N–H and O–H groups in total.